The fraction of sp³-hybridized carbons (Fsp3) is 0.759. The molecule has 5 heteroatoms. The minimum Gasteiger partial charge on any atom is -0.497 e. The molecule has 5 nitrogen and oxygen atoms in total. The van der Waals surface area contributed by atoms with Crippen LogP contribution in [0, 0.1) is 0 Å². The molecule has 2 atom stereocenters. The van der Waals surface area contributed by atoms with Gasteiger partial charge in [0.05, 0.1) is 19.3 Å². The van der Waals surface area contributed by atoms with Gasteiger partial charge in [-0.25, -0.2) is 4.79 Å². The van der Waals surface area contributed by atoms with E-state index in [4.69, 9.17) is 9.47 Å². The number of rotatable bonds is 18. The highest BCUT2D eigenvalue weighted by Gasteiger charge is 2.24. The van der Waals surface area contributed by atoms with E-state index in [0.717, 1.165) is 24.2 Å². The molecule has 196 valence electrons. The molecule has 0 saturated carbocycles. The minimum atomic E-state index is -0.613. The summed E-state index contributed by atoms with van der Waals surface area (Å²) in [7, 11) is 1.64. The summed E-state index contributed by atoms with van der Waals surface area (Å²) in [6.45, 7) is 7.79. The van der Waals surface area contributed by atoms with Gasteiger partial charge in [0, 0.05) is 0 Å². The van der Waals surface area contributed by atoms with Gasteiger partial charge in [0.15, 0.2) is 0 Å². The van der Waals surface area contributed by atoms with E-state index >= 15 is 0 Å². The van der Waals surface area contributed by atoms with Crippen molar-refractivity contribution in [1.82, 2.24) is 5.32 Å². The third kappa shape index (κ3) is 15.2. The first kappa shape index (κ1) is 30.3. The van der Waals surface area contributed by atoms with Crippen molar-refractivity contribution < 1.29 is 19.4 Å². The number of amides is 1. The molecule has 0 heterocycles. The molecule has 1 aromatic carbocycles. The van der Waals surface area contributed by atoms with Crippen LogP contribution in [0.5, 0.6) is 5.75 Å². The van der Waals surface area contributed by atoms with E-state index < -0.39 is 23.8 Å². The van der Waals surface area contributed by atoms with E-state index in [1.54, 1.807) is 7.11 Å². The second-order valence-electron chi connectivity index (χ2n) is 10.6. The number of aliphatic hydroxyl groups excluding tert-OH is 1. The number of hydrogen-bond acceptors (Lipinski definition) is 4. The third-order valence-corrected chi connectivity index (χ3v) is 6.13. The molecule has 0 aliphatic rings. The van der Waals surface area contributed by atoms with E-state index in [0.29, 0.717) is 12.8 Å². The number of aliphatic hydroxyl groups is 1. The molecular formula is C29H51NO4. The third-order valence-electron chi connectivity index (χ3n) is 6.13. The lowest BCUT2D eigenvalue weighted by Gasteiger charge is -2.27. The van der Waals surface area contributed by atoms with Crippen LogP contribution in [0.4, 0.5) is 4.79 Å². The van der Waals surface area contributed by atoms with Crippen LogP contribution in [0.15, 0.2) is 24.3 Å². The van der Waals surface area contributed by atoms with Crippen LogP contribution in [0.1, 0.15) is 117 Å². The van der Waals surface area contributed by atoms with Gasteiger partial charge in [0.1, 0.15) is 11.4 Å². The van der Waals surface area contributed by atoms with Gasteiger partial charge in [-0.3, -0.25) is 0 Å². The van der Waals surface area contributed by atoms with Crippen molar-refractivity contribution >= 4 is 6.09 Å². The van der Waals surface area contributed by atoms with Gasteiger partial charge in [0.25, 0.3) is 0 Å². The van der Waals surface area contributed by atoms with Crippen LogP contribution >= 0.6 is 0 Å². The zero-order chi connectivity index (χ0) is 25.2. The number of carbonyl (C=O) groups excluding carboxylic acids is 1. The largest absolute Gasteiger partial charge is 0.497 e. The molecule has 0 unspecified atom stereocenters. The molecule has 1 aromatic rings. The highest BCUT2D eigenvalue weighted by Crippen LogP contribution is 2.18. The second-order valence-corrected chi connectivity index (χ2v) is 10.6. The molecule has 0 radical (unpaired) electrons. The van der Waals surface area contributed by atoms with Gasteiger partial charge < -0.3 is 19.9 Å². The van der Waals surface area contributed by atoms with Gasteiger partial charge in [-0.1, -0.05) is 96.1 Å². The van der Waals surface area contributed by atoms with Gasteiger partial charge in [-0.05, 0) is 51.3 Å². The Balaban J connectivity index is 2.38. The summed E-state index contributed by atoms with van der Waals surface area (Å²) in [4.78, 5) is 12.4. The number of ether oxygens (including phenoxy) is 2. The Hall–Kier alpha value is -1.75. The summed E-state index contributed by atoms with van der Waals surface area (Å²) in [5, 5.41) is 13.8. The standard InChI is InChI=1S/C29H51NO4/c1-6-7-8-9-10-11-12-13-14-15-16-17-18-27(31)26(30-28(32)34-29(2,3)4)23-24-19-21-25(33-5)22-20-24/h19-22,26-27,31H,6-18,23H2,1-5H3,(H,30,32)/t26-,27-/m0/s1. The summed E-state index contributed by atoms with van der Waals surface area (Å²) in [5.74, 6) is 0.789. The Labute approximate surface area is 209 Å². The van der Waals surface area contributed by atoms with Crippen molar-refractivity contribution in [2.45, 2.75) is 135 Å². The average Bonchev–Trinajstić information content (AvgIpc) is 2.78. The summed E-state index contributed by atoms with van der Waals surface area (Å²) in [5.41, 5.74) is 0.463. The number of unbranched alkanes of at least 4 members (excludes halogenated alkanes) is 11. The summed E-state index contributed by atoms with van der Waals surface area (Å²) >= 11 is 0. The van der Waals surface area contributed by atoms with Crippen LogP contribution in [0.2, 0.25) is 0 Å². The normalized spacial score (nSPS) is 13.4. The Morgan fingerprint density at radius 2 is 1.38 bits per heavy atom. The topological polar surface area (TPSA) is 67.8 Å². The van der Waals surface area contributed by atoms with Crippen molar-refractivity contribution in [2.75, 3.05) is 7.11 Å². The second kappa shape index (κ2) is 17.7. The van der Waals surface area contributed by atoms with E-state index in [-0.39, 0.29) is 0 Å². The summed E-state index contributed by atoms with van der Waals surface area (Å²) < 4.78 is 10.7. The van der Waals surface area contributed by atoms with Crippen molar-refractivity contribution in [3.05, 3.63) is 29.8 Å². The van der Waals surface area contributed by atoms with Crippen LogP contribution in [-0.4, -0.2) is 36.1 Å². The number of carbonyl (C=O) groups is 1. The first-order valence-electron chi connectivity index (χ1n) is 13.6. The predicted molar refractivity (Wildman–Crippen MR) is 142 cm³/mol. The van der Waals surface area contributed by atoms with E-state index in [9.17, 15) is 9.90 Å². The smallest absolute Gasteiger partial charge is 0.407 e. The van der Waals surface area contributed by atoms with Crippen molar-refractivity contribution in [3.8, 4) is 5.75 Å². The molecule has 2 N–H and O–H groups in total. The minimum absolute atomic E-state index is 0.393. The predicted octanol–water partition coefficient (Wildman–Crippen LogP) is 7.58. The number of nitrogens with one attached hydrogen (secondary N) is 1. The van der Waals surface area contributed by atoms with Gasteiger partial charge in [0.2, 0.25) is 0 Å². The lowest BCUT2D eigenvalue weighted by atomic mass is 9.96. The zero-order valence-corrected chi connectivity index (χ0v) is 22.5. The van der Waals surface area contributed by atoms with Crippen molar-refractivity contribution in [2.24, 2.45) is 0 Å². The lowest BCUT2D eigenvalue weighted by molar-refractivity contribution is 0.0410. The van der Waals surface area contributed by atoms with E-state index in [1.165, 1.54) is 64.2 Å². The van der Waals surface area contributed by atoms with Crippen LogP contribution in [-0.2, 0) is 11.2 Å². The monoisotopic (exact) mass is 477 g/mol. The maximum atomic E-state index is 12.4. The molecule has 0 spiro atoms. The van der Waals surface area contributed by atoms with E-state index in [1.807, 2.05) is 45.0 Å². The molecule has 0 fully saturated rings. The SMILES string of the molecule is CCCCCCCCCCCCCC[C@H](O)[C@H](Cc1ccc(OC)cc1)NC(=O)OC(C)(C)C. The molecule has 0 saturated heterocycles. The first-order valence-corrected chi connectivity index (χ1v) is 13.6. The maximum Gasteiger partial charge on any atom is 0.407 e. The molecule has 34 heavy (non-hydrogen) atoms. The van der Waals surface area contributed by atoms with Crippen LogP contribution in [0.3, 0.4) is 0 Å². The van der Waals surface area contributed by atoms with Gasteiger partial charge >= 0.3 is 6.09 Å². The molecule has 0 aliphatic heterocycles. The Morgan fingerprint density at radius 3 is 1.85 bits per heavy atom. The Bertz CT molecular complexity index is 639. The fourth-order valence-corrected chi connectivity index (χ4v) is 4.15. The van der Waals surface area contributed by atoms with E-state index in [2.05, 4.69) is 12.2 Å². The molecular weight excluding hydrogens is 426 g/mol. The fourth-order valence-electron chi connectivity index (χ4n) is 4.15. The average molecular weight is 478 g/mol. The molecule has 0 aliphatic carbocycles. The van der Waals surface area contributed by atoms with Gasteiger partial charge in [-0.2, -0.15) is 0 Å². The zero-order valence-electron chi connectivity index (χ0n) is 22.5. The first-order chi connectivity index (χ1) is 16.2. The van der Waals surface area contributed by atoms with Crippen LogP contribution < -0.4 is 10.1 Å². The highest BCUT2D eigenvalue weighted by atomic mass is 16.6. The number of hydrogen-bond donors (Lipinski definition) is 2. The molecule has 1 rings (SSSR count). The maximum absolute atomic E-state index is 12.4. The molecule has 1 amide bonds. The molecule has 0 aromatic heterocycles. The Morgan fingerprint density at radius 1 is 0.882 bits per heavy atom. The quantitative estimate of drug-likeness (QED) is 0.214. The van der Waals surface area contributed by atoms with Gasteiger partial charge in [-0.15, -0.1) is 0 Å². The number of methoxy groups -OCH3 is 1. The highest BCUT2D eigenvalue weighted by molar-refractivity contribution is 5.68. The van der Waals surface area contributed by atoms with Crippen molar-refractivity contribution in [1.29, 1.82) is 0 Å². The van der Waals surface area contributed by atoms with Crippen LogP contribution in [0.25, 0.3) is 0 Å². The Kier molecular flexibility index (Phi) is 15.7. The number of benzene rings is 1. The molecule has 0 bridgehead atoms. The van der Waals surface area contributed by atoms with Crippen molar-refractivity contribution in [3.63, 3.8) is 0 Å². The summed E-state index contributed by atoms with van der Waals surface area (Å²) in [6, 6.07) is 7.35. The lowest BCUT2D eigenvalue weighted by Crippen LogP contribution is -2.46. The number of alkyl carbamates (subject to hydrolysis) is 1. The summed E-state index contributed by atoms with van der Waals surface area (Å²) in [6.07, 6.45) is 15.6.